The summed E-state index contributed by atoms with van der Waals surface area (Å²) in [6.45, 7) is 2.47. The molecule has 0 aromatic heterocycles. The second-order valence-corrected chi connectivity index (χ2v) is 9.87. The van der Waals surface area contributed by atoms with Gasteiger partial charge in [-0.2, -0.15) is 0 Å². The van der Waals surface area contributed by atoms with E-state index in [2.05, 4.69) is 47.2 Å². The van der Waals surface area contributed by atoms with Gasteiger partial charge in [0.05, 0.1) is 12.4 Å². The van der Waals surface area contributed by atoms with Crippen molar-refractivity contribution in [2.45, 2.75) is 12.5 Å². The average Bonchev–Trinajstić information content (AvgIpc) is 2.92. The molecule has 1 amide bonds. The van der Waals surface area contributed by atoms with E-state index in [0.717, 1.165) is 28.0 Å². The van der Waals surface area contributed by atoms with Crippen molar-refractivity contribution in [1.82, 2.24) is 10.9 Å². The van der Waals surface area contributed by atoms with E-state index >= 15 is 0 Å². The Kier molecular flexibility index (Phi) is 9.06. The SMILES string of the molecule is Cc1cc(Cl)ccc1OCCSCC(=O)NNC(c1ccccc1)(c1ccccc1)c1ccccc1. The molecule has 0 aliphatic carbocycles. The Morgan fingerprint density at radius 3 is 1.86 bits per heavy atom. The Bertz CT molecular complexity index is 1160. The molecule has 4 aromatic rings. The third kappa shape index (κ3) is 6.30. The number of amides is 1. The number of ether oxygens (including phenoxy) is 1. The highest BCUT2D eigenvalue weighted by molar-refractivity contribution is 7.99. The topological polar surface area (TPSA) is 50.4 Å². The minimum atomic E-state index is -0.751. The molecule has 184 valence electrons. The Labute approximate surface area is 222 Å². The second-order valence-electron chi connectivity index (χ2n) is 8.33. The summed E-state index contributed by atoms with van der Waals surface area (Å²) < 4.78 is 5.83. The number of aryl methyl sites for hydroxylation is 1. The maximum atomic E-state index is 12.9. The highest BCUT2D eigenvalue weighted by atomic mass is 35.5. The molecule has 0 saturated heterocycles. The molecule has 0 aliphatic heterocycles. The molecule has 4 nitrogen and oxygen atoms in total. The number of hydrazine groups is 1. The van der Waals surface area contributed by atoms with E-state index < -0.39 is 5.54 Å². The number of thioether (sulfide) groups is 1. The van der Waals surface area contributed by atoms with Gasteiger partial charge in [0.1, 0.15) is 11.3 Å². The number of nitrogens with one attached hydrogen (secondary N) is 2. The van der Waals surface area contributed by atoms with Gasteiger partial charge in [-0.15, -0.1) is 11.8 Å². The fraction of sp³-hybridized carbons (Fsp3) is 0.167. The fourth-order valence-electron chi connectivity index (χ4n) is 4.13. The predicted molar refractivity (Wildman–Crippen MR) is 149 cm³/mol. The molecule has 0 fully saturated rings. The Balaban J connectivity index is 1.43. The Morgan fingerprint density at radius 1 is 0.833 bits per heavy atom. The van der Waals surface area contributed by atoms with Crippen LogP contribution in [0.3, 0.4) is 0 Å². The van der Waals surface area contributed by atoms with E-state index in [1.807, 2.05) is 79.7 Å². The van der Waals surface area contributed by atoms with Crippen LogP contribution in [0.2, 0.25) is 5.02 Å². The van der Waals surface area contributed by atoms with Gasteiger partial charge >= 0.3 is 0 Å². The van der Waals surface area contributed by atoms with Gasteiger partial charge in [0.15, 0.2) is 0 Å². The van der Waals surface area contributed by atoms with Crippen LogP contribution in [0.25, 0.3) is 0 Å². The molecule has 0 bridgehead atoms. The molecule has 4 rings (SSSR count). The van der Waals surface area contributed by atoms with Gasteiger partial charge in [-0.3, -0.25) is 10.2 Å². The maximum Gasteiger partial charge on any atom is 0.244 e. The normalized spacial score (nSPS) is 11.2. The van der Waals surface area contributed by atoms with E-state index in [1.165, 1.54) is 11.8 Å². The van der Waals surface area contributed by atoms with Gasteiger partial charge in [0.2, 0.25) is 5.91 Å². The van der Waals surface area contributed by atoms with Gasteiger partial charge in [-0.05, 0) is 47.4 Å². The molecular weight excluding hydrogens is 488 g/mol. The highest BCUT2D eigenvalue weighted by Crippen LogP contribution is 2.36. The standard InChI is InChI=1S/C30H29ClN2O2S/c1-23-21-27(31)17-18-28(23)35-19-20-36-22-29(34)32-33-30(24-11-5-2-6-12-24,25-13-7-3-8-14-25)26-15-9-4-10-16-26/h2-18,21,33H,19-20,22H2,1H3,(H,32,34). The van der Waals surface area contributed by atoms with Crippen LogP contribution in [-0.4, -0.2) is 24.0 Å². The molecule has 0 aliphatic rings. The quantitative estimate of drug-likeness (QED) is 0.138. The first-order valence-corrected chi connectivity index (χ1v) is 13.3. The van der Waals surface area contributed by atoms with Crippen molar-refractivity contribution < 1.29 is 9.53 Å². The summed E-state index contributed by atoms with van der Waals surface area (Å²) in [5.41, 5.74) is 9.71. The lowest BCUT2D eigenvalue weighted by atomic mass is 9.77. The van der Waals surface area contributed by atoms with E-state index in [0.29, 0.717) is 23.1 Å². The van der Waals surface area contributed by atoms with Crippen LogP contribution >= 0.6 is 23.4 Å². The lowest BCUT2D eigenvalue weighted by molar-refractivity contribution is -0.119. The van der Waals surface area contributed by atoms with Crippen LogP contribution in [0.4, 0.5) is 0 Å². The van der Waals surface area contributed by atoms with Gasteiger partial charge in [0, 0.05) is 10.8 Å². The summed E-state index contributed by atoms with van der Waals surface area (Å²) in [6.07, 6.45) is 0. The molecule has 0 spiro atoms. The van der Waals surface area contributed by atoms with E-state index in [1.54, 1.807) is 0 Å². The Hall–Kier alpha value is -3.25. The van der Waals surface area contributed by atoms with Crippen molar-refractivity contribution in [2.75, 3.05) is 18.1 Å². The highest BCUT2D eigenvalue weighted by Gasteiger charge is 2.36. The van der Waals surface area contributed by atoms with Crippen molar-refractivity contribution >= 4 is 29.3 Å². The minimum absolute atomic E-state index is 0.102. The first kappa shape index (κ1) is 25.8. The number of carbonyl (C=O) groups excluding carboxylic acids is 1. The zero-order valence-electron chi connectivity index (χ0n) is 20.1. The number of rotatable bonds is 11. The summed E-state index contributed by atoms with van der Waals surface area (Å²) >= 11 is 7.53. The van der Waals surface area contributed by atoms with Crippen LogP contribution in [0, 0.1) is 6.92 Å². The smallest absolute Gasteiger partial charge is 0.244 e. The van der Waals surface area contributed by atoms with Crippen molar-refractivity contribution in [3.63, 3.8) is 0 Å². The zero-order valence-corrected chi connectivity index (χ0v) is 21.7. The largest absolute Gasteiger partial charge is 0.492 e. The van der Waals surface area contributed by atoms with Crippen LogP contribution in [0.1, 0.15) is 22.3 Å². The summed E-state index contributed by atoms with van der Waals surface area (Å²) in [6, 6.07) is 36.1. The first-order chi connectivity index (χ1) is 17.6. The van der Waals surface area contributed by atoms with Crippen LogP contribution in [-0.2, 0) is 10.3 Å². The molecular formula is C30H29ClN2O2S. The molecule has 0 saturated carbocycles. The molecule has 36 heavy (non-hydrogen) atoms. The summed E-state index contributed by atoms with van der Waals surface area (Å²) in [5.74, 6) is 1.71. The molecule has 6 heteroatoms. The maximum absolute atomic E-state index is 12.9. The fourth-order valence-corrected chi connectivity index (χ4v) is 4.96. The van der Waals surface area contributed by atoms with Crippen molar-refractivity contribution in [1.29, 1.82) is 0 Å². The molecule has 2 N–H and O–H groups in total. The summed E-state index contributed by atoms with van der Waals surface area (Å²) in [4.78, 5) is 12.9. The monoisotopic (exact) mass is 516 g/mol. The first-order valence-electron chi connectivity index (χ1n) is 11.8. The third-order valence-corrected chi connectivity index (χ3v) is 7.02. The number of benzene rings is 4. The lowest BCUT2D eigenvalue weighted by Crippen LogP contribution is -2.54. The third-order valence-electron chi connectivity index (χ3n) is 5.87. The van der Waals surface area contributed by atoms with Crippen molar-refractivity contribution in [3.05, 3.63) is 136 Å². The van der Waals surface area contributed by atoms with Gasteiger partial charge in [-0.1, -0.05) is 103 Å². The van der Waals surface area contributed by atoms with E-state index in [-0.39, 0.29) is 5.91 Å². The van der Waals surface area contributed by atoms with Crippen LogP contribution < -0.4 is 15.6 Å². The van der Waals surface area contributed by atoms with Crippen LogP contribution in [0.15, 0.2) is 109 Å². The number of hydrogen-bond donors (Lipinski definition) is 2. The van der Waals surface area contributed by atoms with E-state index in [4.69, 9.17) is 16.3 Å². The second kappa shape index (κ2) is 12.6. The number of halogens is 1. The van der Waals surface area contributed by atoms with Crippen molar-refractivity contribution in [3.8, 4) is 5.75 Å². The van der Waals surface area contributed by atoms with E-state index in [9.17, 15) is 4.79 Å². The zero-order chi connectivity index (χ0) is 25.2. The molecule has 0 unspecified atom stereocenters. The van der Waals surface area contributed by atoms with Gasteiger partial charge in [0.25, 0.3) is 0 Å². The van der Waals surface area contributed by atoms with Gasteiger partial charge < -0.3 is 4.74 Å². The van der Waals surface area contributed by atoms with Crippen molar-refractivity contribution in [2.24, 2.45) is 0 Å². The number of hydrogen-bond acceptors (Lipinski definition) is 4. The molecule has 0 heterocycles. The molecule has 0 atom stereocenters. The molecule has 4 aromatic carbocycles. The summed E-state index contributed by atoms with van der Waals surface area (Å²) in [5, 5.41) is 0.691. The lowest BCUT2D eigenvalue weighted by Gasteiger charge is -2.37. The minimum Gasteiger partial charge on any atom is -0.492 e. The molecule has 0 radical (unpaired) electrons. The number of carbonyl (C=O) groups is 1. The average molecular weight is 517 g/mol. The van der Waals surface area contributed by atoms with Crippen LogP contribution in [0.5, 0.6) is 5.75 Å². The predicted octanol–water partition coefficient (Wildman–Crippen LogP) is 6.37. The van der Waals surface area contributed by atoms with Gasteiger partial charge in [-0.25, -0.2) is 5.43 Å². The Morgan fingerprint density at radius 2 is 1.36 bits per heavy atom. The summed E-state index contributed by atoms with van der Waals surface area (Å²) in [7, 11) is 0.